The lowest BCUT2D eigenvalue weighted by molar-refractivity contribution is 0.205. The maximum absolute atomic E-state index is 5.77. The second-order valence-electron chi connectivity index (χ2n) is 6.26. The summed E-state index contributed by atoms with van der Waals surface area (Å²) in [4.78, 5) is 4.93. The lowest BCUT2D eigenvalue weighted by Gasteiger charge is -2.30. The number of hydrogen-bond acceptors (Lipinski definition) is 3. The zero-order valence-electron chi connectivity index (χ0n) is 13.6. The summed E-state index contributed by atoms with van der Waals surface area (Å²) in [6, 6.07) is 9.02. The molecule has 0 amide bonds. The Bertz CT molecular complexity index is 405. The molecule has 2 unspecified atom stereocenters. The third-order valence-electron chi connectivity index (χ3n) is 4.54. The fourth-order valence-corrected chi connectivity index (χ4v) is 3.35. The van der Waals surface area contributed by atoms with Gasteiger partial charge in [0.15, 0.2) is 0 Å². The van der Waals surface area contributed by atoms with Crippen molar-refractivity contribution in [1.29, 1.82) is 0 Å². The van der Waals surface area contributed by atoms with Gasteiger partial charge in [-0.15, -0.1) is 24.0 Å². The summed E-state index contributed by atoms with van der Waals surface area (Å²) in [5, 5.41) is 0. The summed E-state index contributed by atoms with van der Waals surface area (Å²) in [5.41, 5.74) is 7.93. The molecule has 3 nitrogen and oxygen atoms in total. The van der Waals surface area contributed by atoms with Crippen LogP contribution in [0.25, 0.3) is 0 Å². The van der Waals surface area contributed by atoms with Crippen LogP contribution in [-0.4, -0.2) is 38.1 Å². The molecular weight excluding hydrogens is 373 g/mol. The highest BCUT2D eigenvalue weighted by Gasteiger charge is 2.30. The van der Waals surface area contributed by atoms with E-state index in [4.69, 9.17) is 5.73 Å². The number of benzene rings is 1. The number of halogens is 1. The van der Waals surface area contributed by atoms with Crippen molar-refractivity contribution in [3.8, 4) is 0 Å². The third kappa shape index (κ3) is 5.02. The first-order valence-corrected chi connectivity index (χ1v) is 7.88. The van der Waals surface area contributed by atoms with Crippen LogP contribution in [0.3, 0.4) is 0 Å². The van der Waals surface area contributed by atoms with Gasteiger partial charge in [0, 0.05) is 30.5 Å². The lowest BCUT2D eigenvalue weighted by atomic mass is 9.93. The van der Waals surface area contributed by atoms with E-state index in [0.29, 0.717) is 6.04 Å². The van der Waals surface area contributed by atoms with Crippen molar-refractivity contribution in [2.45, 2.75) is 38.6 Å². The number of nitrogens with two attached hydrogens (primary N) is 1. The first kappa shape index (κ1) is 18.6. The van der Waals surface area contributed by atoms with Crippen molar-refractivity contribution in [2.75, 3.05) is 37.8 Å². The average Bonchev–Trinajstić information content (AvgIpc) is 2.89. The van der Waals surface area contributed by atoms with Gasteiger partial charge in [0.25, 0.3) is 0 Å². The molecule has 1 saturated heterocycles. The van der Waals surface area contributed by atoms with Gasteiger partial charge in [-0.2, -0.15) is 0 Å². The Morgan fingerprint density at radius 2 is 1.95 bits per heavy atom. The zero-order valence-corrected chi connectivity index (χ0v) is 15.9. The first-order valence-electron chi connectivity index (χ1n) is 7.88. The second-order valence-corrected chi connectivity index (χ2v) is 6.26. The van der Waals surface area contributed by atoms with Gasteiger partial charge in [-0.25, -0.2) is 0 Å². The maximum atomic E-state index is 5.77. The van der Waals surface area contributed by atoms with Crippen LogP contribution in [0, 0.1) is 5.92 Å². The molecule has 1 aromatic carbocycles. The smallest absolute Gasteiger partial charge is 0.0367 e. The summed E-state index contributed by atoms with van der Waals surface area (Å²) in [7, 11) is 4.46. The van der Waals surface area contributed by atoms with E-state index in [-0.39, 0.29) is 24.0 Å². The molecule has 1 fully saturated rings. The Kier molecular flexibility index (Phi) is 7.81. The molecule has 2 atom stereocenters. The quantitative estimate of drug-likeness (QED) is 0.579. The molecule has 0 spiro atoms. The number of nitrogen functional groups attached to an aromatic ring is 1. The molecule has 0 saturated carbocycles. The minimum Gasteiger partial charge on any atom is -0.399 e. The normalized spacial score (nSPS) is 19.6. The fraction of sp³-hybridized carbons (Fsp3) is 0.647. The molecule has 0 aromatic heterocycles. The molecule has 1 aliphatic rings. The monoisotopic (exact) mass is 403 g/mol. The summed E-state index contributed by atoms with van der Waals surface area (Å²) in [6.07, 6.45) is 5.25. The van der Waals surface area contributed by atoms with Gasteiger partial charge >= 0.3 is 0 Å². The number of unbranched alkanes of at least 4 members (excludes halogenated alkanes) is 1. The Morgan fingerprint density at radius 3 is 2.52 bits per heavy atom. The summed E-state index contributed by atoms with van der Waals surface area (Å²) >= 11 is 0. The van der Waals surface area contributed by atoms with E-state index in [1.165, 1.54) is 44.5 Å². The highest BCUT2D eigenvalue weighted by molar-refractivity contribution is 14.0. The van der Waals surface area contributed by atoms with Crippen molar-refractivity contribution in [1.82, 2.24) is 4.90 Å². The van der Waals surface area contributed by atoms with Gasteiger partial charge in [-0.3, -0.25) is 0 Å². The van der Waals surface area contributed by atoms with E-state index < -0.39 is 0 Å². The molecule has 2 rings (SSSR count). The molecule has 2 N–H and O–H groups in total. The molecule has 0 aliphatic carbocycles. The zero-order chi connectivity index (χ0) is 14.5. The molecule has 1 aromatic rings. The van der Waals surface area contributed by atoms with Gasteiger partial charge < -0.3 is 15.5 Å². The van der Waals surface area contributed by atoms with Gasteiger partial charge in [-0.1, -0.05) is 19.8 Å². The molecule has 0 bridgehead atoms. The largest absolute Gasteiger partial charge is 0.399 e. The first-order chi connectivity index (χ1) is 9.61. The predicted molar refractivity (Wildman–Crippen MR) is 104 cm³/mol. The SMILES string of the molecule is CCCCC(C1CCN(c2ccc(N)cc2)C1)N(C)C.I. The standard InChI is InChI=1S/C17H29N3.HI/c1-4-5-6-17(19(2)3)14-11-12-20(13-14)16-9-7-15(18)8-10-16;/h7-10,14,17H,4-6,11-13,18H2,1-3H3;1H. The van der Waals surface area contributed by atoms with E-state index >= 15 is 0 Å². The number of rotatable bonds is 6. The van der Waals surface area contributed by atoms with E-state index in [2.05, 4.69) is 43.0 Å². The van der Waals surface area contributed by atoms with Crippen molar-refractivity contribution in [2.24, 2.45) is 5.92 Å². The Labute approximate surface area is 146 Å². The van der Waals surface area contributed by atoms with Crippen LogP contribution >= 0.6 is 24.0 Å². The maximum Gasteiger partial charge on any atom is 0.0367 e. The van der Waals surface area contributed by atoms with Crippen LogP contribution in [-0.2, 0) is 0 Å². The fourth-order valence-electron chi connectivity index (χ4n) is 3.35. The molecule has 0 radical (unpaired) electrons. The van der Waals surface area contributed by atoms with Crippen LogP contribution in [0.1, 0.15) is 32.6 Å². The summed E-state index contributed by atoms with van der Waals surface area (Å²) in [6.45, 7) is 4.63. The number of anilines is 2. The lowest BCUT2D eigenvalue weighted by Crippen LogP contribution is -2.37. The third-order valence-corrected chi connectivity index (χ3v) is 4.54. The van der Waals surface area contributed by atoms with Gasteiger partial charge in [0.2, 0.25) is 0 Å². The Balaban J connectivity index is 0.00000220. The van der Waals surface area contributed by atoms with E-state index in [1.807, 2.05) is 12.1 Å². The Morgan fingerprint density at radius 1 is 1.29 bits per heavy atom. The van der Waals surface area contributed by atoms with Crippen LogP contribution < -0.4 is 10.6 Å². The molecule has 1 aliphatic heterocycles. The van der Waals surface area contributed by atoms with Gasteiger partial charge in [0.1, 0.15) is 0 Å². The topological polar surface area (TPSA) is 32.5 Å². The second kappa shape index (κ2) is 8.83. The van der Waals surface area contributed by atoms with Crippen molar-refractivity contribution in [3.63, 3.8) is 0 Å². The minimum atomic E-state index is 0. The molecule has 4 heteroatoms. The van der Waals surface area contributed by atoms with E-state index in [1.54, 1.807) is 0 Å². The molecule has 120 valence electrons. The number of nitrogens with zero attached hydrogens (tertiary/aromatic N) is 2. The van der Waals surface area contributed by atoms with Crippen molar-refractivity contribution in [3.05, 3.63) is 24.3 Å². The van der Waals surface area contributed by atoms with Crippen LogP contribution in [0.15, 0.2) is 24.3 Å². The van der Waals surface area contributed by atoms with E-state index in [9.17, 15) is 0 Å². The predicted octanol–water partition coefficient (Wildman–Crippen LogP) is 3.83. The minimum absolute atomic E-state index is 0. The number of hydrogen-bond donors (Lipinski definition) is 1. The molecule has 1 heterocycles. The van der Waals surface area contributed by atoms with Crippen LogP contribution in [0.2, 0.25) is 0 Å². The van der Waals surface area contributed by atoms with Crippen LogP contribution in [0.5, 0.6) is 0 Å². The Hall–Kier alpha value is -0.490. The van der Waals surface area contributed by atoms with Crippen molar-refractivity contribution < 1.29 is 0 Å². The highest BCUT2D eigenvalue weighted by Crippen LogP contribution is 2.29. The van der Waals surface area contributed by atoms with Crippen LogP contribution in [0.4, 0.5) is 11.4 Å². The van der Waals surface area contributed by atoms with E-state index in [0.717, 1.165) is 11.6 Å². The summed E-state index contributed by atoms with van der Waals surface area (Å²) < 4.78 is 0. The highest BCUT2D eigenvalue weighted by atomic mass is 127. The van der Waals surface area contributed by atoms with Gasteiger partial charge in [-0.05, 0) is 57.1 Å². The van der Waals surface area contributed by atoms with Gasteiger partial charge in [0.05, 0.1) is 0 Å². The van der Waals surface area contributed by atoms with Crippen molar-refractivity contribution >= 4 is 35.4 Å². The summed E-state index contributed by atoms with van der Waals surface area (Å²) in [5.74, 6) is 0.786. The molecule has 21 heavy (non-hydrogen) atoms. The molecular formula is C17H30IN3. The average molecular weight is 403 g/mol.